The van der Waals surface area contributed by atoms with Gasteiger partial charge in [0.25, 0.3) is 0 Å². The van der Waals surface area contributed by atoms with Crippen LogP contribution in [0.1, 0.15) is 52.2 Å². The molecular formula is C22H25NO4. The van der Waals surface area contributed by atoms with Crippen molar-refractivity contribution in [3.05, 3.63) is 64.7 Å². The highest BCUT2D eigenvalue weighted by Crippen LogP contribution is 2.33. The van der Waals surface area contributed by atoms with E-state index in [1.54, 1.807) is 31.4 Å². The first-order valence-electron chi connectivity index (χ1n) is 9.32. The third kappa shape index (κ3) is 4.88. The Morgan fingerprint density at radius 2 is 1.96 bits per heavy atom. The molecule has 0 aliphatic heterocycles. The fourth-order valence-corrected chi connectivity index (χ4v) is 3.63. The molecule has 0 aromatic heterocycles. The number of rotatable bonds is 7. The van der Waals surface area contributed by atoms with Crippen molar-refractivity contribution >= 4 is 11.9 Å². The van der Waals surface area contributed by atoms with Crippen LogP contribution in [0.15, 0.2) is 42.5 Å². The van der Waals surface area contributed by atoms with Gasteiger partial charge in [-0.1, -0.05) is 18.2 Å². The number of carboxylic acids is 1. The molecule has 142 valence electrons. The standard InChI is InChI=1S/C22H25NO4/c1-27-19-10-11-20-17(13-19)3-2-4-18(20)14-23-21(24)12-7-15-5-8-16(9-6-15)22(25)26/h5-6,8-11,13,18H,2-4,7,12,14H2,1H3,(H,23,24)(H,25,26). The molecule has 0 bridgehead atoms. The van der Waals surface area contributed by atoms with E-state index in [1.165, 1.54) is 11.1 Å². The second kappa shape index (κ2) is 8.71. The Morgan fingerprint density at radius 1 is 1.19 bits per heavy atom. The predicted molar refractivity (Wildman–Crippen MR) is 103 cm³/mol. The second-order valence-electron chi connectivity index (χ2n) is 6.96. The Balaban J connectivity index is 1.50. The quantitative estimate of drug-likeness (QED) is 0.785. The number of aryl methyl sites for hydroxylation is 2. The van der Waals surface area contributed by atoms with Crippen LogP contribution in [0.25, 0.3) is 0 Å². The minimum Gasteiger partial charge on any atom is -0.497 e. The van der Waals surface area contributed by atoms with E-state index in [0.29, 0.717) is 25.3 Å². The van der Waals surface area contributed by atoms with Crippen molar-refractivity contribution in [1.82, 2.24) is 5.32 Å². The Kier molecular flexibility index (Phi) is 6.12. The molecule has 1 atom stereocenters. The zero-order valence-electron chi connectivity index (χ0n) is 15.5. The molecule has 0 saturated carbocycles. The molecule has 27 heavy (non-hydrogen) atoms. The summed E-state index contributed by atoms with van der Waals surface area (Å²) < 4.78 is 5.31. The average molecular weight is 367 g/mol. The summed E-state index contributed by atoms with van der Waals surface area (Å²) in [5.41, 5.74) is 3.85. The summed E-state index contributed by atoms with van der Waals surface area (Å²) >= 11 is 0. The lowest BCUT2D eigenvalue weighted by Gasteiger charge is -2.26. The van der Waals surface area contributed by atoms with Crippen LogP contribution in [-0.4, -0.2) is 30.6 Å². The van der Waals surface area contributed by atoms with E-state index in [-0.39, 0.29) is 11.5 Å². The van der Waals surface area contributed by atoms with Crippen LogP contribution in [0.3, 0.4) is 0 Å². The van der Waals surface area contributed by atoms with Crippen LogP contribution >= 0.6 is 0 Å². The first-order chi connectivity index (χ1) is 13.1. The maximum atomic E-state index is 12.2. The van der Waals surface area contributed by atoms with Gasteiger partial charge in [-0.2, -0.15) is 0 Å². The lowest BCUT2D eigenvalue weighted by atomic mass is 9.82. The molecule has 0 saturated heterocycles. The number of benzene rings is 2. The topological polar surface area (TPSA) is 75.6 Å². The van der Waals surface area contributed by atoms with Gasteiger partial charge in [0.2, 0.25) is 5.91 Å². The molecule has 5 heteroatoms. The summed E-state index contributed by atoms with van der Waals surface area (Å²) in [4.78, 5) is 23.1. The summed E-state index contributed by atoms with van der Waals surface area (Å²) in [7, 11) is 1.68. The van der Waals surface area contributed by atoms with Crippen molar-refractivity contribution in [2.24, 2.45) is 0 Å². The number of carboxylic acid groups (broad SMARTS) is 1. The number of carbonyl (C=O) groups excluding carboxylic acids is 1. The number of amides is 1. The number of ether oxygens (including phenoxy) is 1. The number of hydrogen-bond donors (Lipinski definition) is 2. The molecule has 0 spiro atoms. The fourth-order valence-electron chi connectivity index (χ4n) is 3.63. The summed E-state index contributed by atoms with van der Waals surface area (Å²) in [5.74, 6) is 0.313. The Bertz CT molecular complexity index is 814. The Hall–Kier alpha value is -2.82. The van der Waals surface area contributed by atoms with E-state index in [0.717, 1.165) is 30.6 Å². The molecule has 2 aromatic carbocycles. The minimum absolute atomic E-state index is 0.0259. The summed E-state index contributed by atoms with van der Waals surface area (Å²) in [6, 6.07) is 12.9. The molecule has 1 aliphatic rings. The van der Waals surface area contributed by atoms with Gasteiger partial charge in [0.05, 0.1) is 12.7 Å². The maximum absolute atomic E-state index is 12.2. The van der Waals surface area contributed by atoms with Crippen molar-refractivity contribution in [1.29, 1.82) is 0 Å². The average Bonchev–Trinajstić information content (AvgIpc) is 2.70. The van der Waals surface area contributed by atoms with Crippen LogP contribution in [0.2, 0.25) is 0 Å². The molecule has 0 fully saturated rings. The van der Waals surface area contributed by atoms with Gasteiger partial charge >= 0.3 is 5.97 Å². The zero-order valence-corrected chi connectivity index (χ0v) is 15.5. The fraction of sp³-hybridized carbons (Fsp3) is 0.364. The predicted octanol–water partition coefficient (Wildman–Crippen LogP) is 3.56. The molecular weight excluding hydrogens is 342 g/mol. The Morgan fingerprint density at radius 3 is 2.67 bits per heavy atom. The number of methoxy groups -OCH3 is 1. The van der Waals surface area contributed by atoms with Gasteiger partial charge in [-0.05, 0) is 66.6 Å². The molecule has 1 amide bonds. The molecule has 5 nitrogen and oxygen atoms in total. The monoisotopic (exact) mass is 367 g/mol. The Labute approximate surface area is 159 Å². The highest BCUT2D eigenvalue weighted by molar-refractivity contribution is 5.87. The van der Waals surface area contributed by atoms with Crippen LogP contribution in [0.5, 0.6) is 5.75 Å². The van der Waals surface area contributed by atoms with Crippen LogP contribution in [0, 0.1) is 0 Å². The maximum Gasteiger partial charge on any atom is 0.335 e. The van der Waals surface area contributed by atoms with E-state index < -0.39 is 5.97 Å². The molecule has 3 rings (SSSR count). The smallest absolute Gasteiger partial charge is 0.335 e. The summed E-state index contributed by atoms with van der Waals surface area (Å²) in [5, 5.41) is 12.0. The highest BCUT2D eigenvalue weighted by Gasteiger charge is 2.21. The van der Waals surface area contributed by atoms with Gasteiger partial charge in [0.15, 0.2) is 0 Å². The zero-order chi connectivity index (χ0) is 19.2. The normalized spacial score (nSPS) is 15.7. The first kappa shape index (κ1) is 19.0. The van der Waals surface area contributed by atoms with Crippen molar-refractivity contribution in [3.63, 3.8) is 0 Å². The third-order valence-corrected chi connectivity index (χ3v) is 5.18. The molecule has 2 aromatic rings. The largest absolute Gasteiger partial charge is 0.497 e. The minimum atomic E-state index is -0.940. The van der Waals surface area contributed by atoms with Crippen molar-refractivity contribution in [3.8, 4) is 5.75 Å². The lowest BCUT2D eigenvalue weighted by Crippen LogP contribution is -2.30. The van der Waals surface area contributed by atoms with Gasteiger partial charge in [-0.3, -0.25) is 4.79 Å². The van der Waals surface area contributed by atoms with Crippen LogP contribution < -0.4 is 10.1 Å². The van der Waals surface area contributed by atoms with Crippen molar-refractivity contribution in [2.45, 2.75) is 38.0 Å². The number of nitrogens with one attached hydrogen (secondary N) is 1. The van der Waals surface area contributed by atoms with E-state index in [2.05, 4.69) is 17.4 Å². The molecule has 1 unspecified atom stereocenters. The molecule has 0 radical (unpaired) electrons. The third-order valence-electron chi connectivity index (χ3n) is 5.18. The van der Waals surface area contributed by atoms with Gasteiger partial charge in [0, 0.05) is 18.9 Å². The van der Waals surface area contributed by atoms with Gasteiger partial charge in [0.1, 0.15) is 5.75 Å². The summed E-state index contributed by atoms with van der Waals surface area (Å²) in [6.07, 6.45) is 4.26. The second-order valence-corrected chi connectivity index (χ2v) is 6.96. The number of fused-ring (bicyclic) bond motifs is 1. The lowest BCUT2D eigenvalue weighted by molar-refractivity contribution is -0.121. The molecule has 0 heterocycles. The van der Waals surface area contributed by atoms with Crippen molar-refractivity contribution < 1.29 is 19.4 Å². The van der Waals surface area contributed by atoms with E-state index >= 15 is 0 Å². The number of carbonyl (C=O) groups is 2. The van der Waals surface area contributed by atoms with E-state index in [4.69, 9.17) is 9.84 Å². The summed E-state index contributed by atoms with van der Waals surface area (Å²) in [6.45, 7) is 0.649. The van der Waals surface area contributed by atoms with Gasteiger partial charge < -0.3 is 15.2 Å². The van der Waals surface area contributed by atoms with Crippen molar-refractivity contribution in [2.75, 3.05) is 13.7 Å². The van der Waals surface area contributed by atoms with Crippen LogP contribution in [0.4, 0.5) is 0 Å². The number of hydrogen-bond acceptors (Lipinski definition) is 3. The number of aromatic carboxylic acids is 1. The molecule has 1 aliphatic carbocycles. The van der Waals surface area contributed by atoms with E-state index in [1.807, 2.05) is 6.07 Å². The highest BCUT2D eigenvalue weighted by atomic mass is 16.5. The first-order valence-corrected chi connectivity index (χ1v) is 9.32. The molecule has 2 N–H and O–H groups in total. The SMILES string of the molecule is COc1ccc2c(c1)CCCC2CNC(=O)CCc1ccc(C(=O)O)cc1. The van der Waals surface area contributed by atoms with Gasteiger partial charge in [-0.25, -0.2) is 4.79 Å². The van der Waals surface area contributed by atoms with Gasteiger partial charge in [-0.15, -0.1) is 0 Å². The van der Waals surface area contributed by atoms with Crippen LogP contribution in [-0.2, 0) is 17.6 Å². The van der Waals surface area contributed by atoms with E-state index in [9.17, 15) is 9.59 Å².